The van der Waals surface area contributed by atoms with Crippen LogP contribution in [0, 0.1) is 5.92 Å². The van der Waals surface area contributed by atoms with Gasteiger partial charge in [0.25, 0.3) is 0 Å². The third-order valence-electron chi connectivity index (χ3n) is 2.52. The van der Waals surface area contributed by atoms with Crippen LogP contribution in [0.15, 0.2) is 18.2 Å². The minimum atomic E-state index is -0.294. The average Bonchev–Trinajstić information content (AvgIpc) is 2.16. The molecule has 1 aromatic carbocycles. The lowest BCUT2D eigenvalue weighted by Crippen LogP contribution is -2.15. The zero-order valence-electron chi connectivity index (χ0n) is 9.00. The van der Waals surface area contributed by atoms with Crippen molar-refractivity contribution in [1.29, 1.82) is 0 Å². The third kappa shape index (κ3) is 3.67. The average molecular weight is 247 g/mol. The molecule has 0 aliphatic rings. The first kappa shape index (κ1) is 12.8. The molecule has 84 valence electrons. The van der Waals surface area contributed by atoms with Crippen molar-refractivity contribution in [2.75, 3.05) is 0 Å². The molecule has 0 radical (unpaired) electrons. The van der Waals surface area contributed by atoms with E-state index in [1.54, 1.807) is 0 Å². The highest BCUT2D eigenvalue weighted by molar-refractivity contribution is 6.35. The van der Waals surface area contributed by atoms with Crippen LogP contribution < -0.4 is 0 Å². The molecule has 3 heteroatoms. The van der Waals surface area contributed by atoms with Gasteiger partial charge in [-0.3, -0.25) is 0 Å². The predicted molar refractivity (Wildman–Crippen MR) is 65.6 cm³/mol. The Balaban J connectivity index is 2.65. The highest BCUT2D eigenvalue weighted by Gasteiger charge is 2.11. The van der Waals surface area contributed by atoms with Gasteiger partial charge in [-0.15, -0.1) is 0 Å². The molecule has 0 aromatic heterocycles. The summed E-state index contributed by atoms with van der Waals surface area (Å²) in [4.78, 5) is 0. The Morgan fingerprint density at radius 1 is 1.20 bits per heavy atom. The molecule has 0 aliphatic heterocycles. The van der Waals surface area contributed by atoms with E-state index in [0.717, 1.165) is 12.0 Å². The minimum absolute atomic E-state index is 0.270. The molecule has 1 rings (SSSR count). The van der Waals surface area contributed by atoms with Gasteiger partial charge in [-0.2, -0.15) is 0 Å². The van der Waals surface area contributed by atoms with Gasteiger partial charge < -0.3 is 5.11 Å². The molecule has 1 nitrogen and oxygen atoms in total. The molecule has 0 aliphatic carbocycles. The summed E-state index contributed by atoms with van der Waals surface area (Å²) in [5.41, 5.74) is 0.931. The SMILES string of the molecule is CC(C)C(O)CCc1c(Cl)cccc1Cl. The van der Waals surface area contributed by atoms with Crippen molar-refractivity contribution in [3.05, 3.63) is 33.8 Å². The number of benzene rings is 1. The second-order valence-corrected chi connectivity index (χ2v) is 4.86. The van der Waals surface area contributed by atoms with Crippen LogP contribution in [-0.2, 0) is 6.42 Å². The molecule has 0 spiro atoms. The fourth-order valence-corrected chi connectivity index (χ4v) is 1.98. The topological polar surface area (TPSA) is 20.2 Å². The second-order valence-electron chi connectivity index (χ2n) is 4.05. The highest BCUT2D eigenvalue weighted by atomic mass is 35.5. The van der Waals surface area contributed by atoms with Gasteiger partial charge in [0, 0.05) is 10.0 Å². The molecule has 0 heterocycles. The van der Waals surface area contributed by atoms with Crippen LogP contribution in [0.5, 0.6) is 0 Å². The summed E-state index contributed by atoms with van der Waals surface area (Å²) in [5.74, 6) is 0.270. The van der Waals surface area contributed by atoms with Crippen LogP contribution in [0.1, 0.15) is 25.8 Å². The molecule has 1 aromatic rings. The van der Waals surface area contributed by atoms with Gasteiger partial charge in [-0.25, -0.2) is 0 Å². The van der Waals surface area contributed by atoms with E-state index in [0.29, 0.717) is 16.5 Å². The lowest BCUT2D eigenvalue weighted by Gasteiger charge is -2.15. The summed E-state index contributed by atoms with van der Waals surface area (Å²) in [5, 5.41) is 11.0. The number of halogens is 2. The molecule has 0 amide bonds. The molecular formula is C12H16Cl2O. The number of aliphatic hydroxyl groups is 1. The molecule has 15 heavy (non-hydrogen) atoms. The summed E-state index contributed by atoms with van der Waals surface area (Å²) < 4.78 is 0. The fraction of sp³-hybridized carbons (Fsp3) is 0.500. The molecule has 0 bridgehead atoms. The first-order chi connectivity index (χ1) is 7.02. The second kappa shape index (κ2) is 5.74. The monoisotopic (exact) mass is 246 g/mol. The van der Waals surface area contributed by atoms with Crippen molar-refractivity contribution in [1.82, 2.24) is 0 Å². The van der Waals surface area contributed by atoms with E-state index in [1.165, 1.54) is 0 Å². The van der Waals surface area contributed by atoms with Crippen LogP contribution in [0.4, 0.5) is 0 Å². The largest absolute Gasteiger partial charge is 0.393 e. The first-order valence-electron chi connectivity index (χ1n) is 5.13. The predicted octanol–water partition coefficient (Wildman–Crippen LogP) is 3.94. The van der Waals surface area contributed by atoms with E-state index in [2.05, 4.69) is 0 Å². The molecule has 1 unspecified atom stereocenters. The Hall–Kier alpha value is -0.240. The van der Waals surface area contributed by atoms with Gasteiger partial charge in [0.1, 0.15) is 0 Å². The van der Waals surface area contributed by atoms with Crippen molar-refractivity contribution >= 4 is 23.2 Å². The Morgan fingerprint density at radius 3 is 2.20 bits per heavy atom. The molecular weight excluding hydrogens is 231 g/mol. The number of hydrogen-bond donors (Lipinski definition) is 1. The molecule has 0 saturated carbocycles. The highest BCUT2D eigenvalue weighted by Crippen LogP contribution is 2.26. The Morgan fingerprint density at radius 2 is 1.73 bits per heavy atom. The van der Waals surface area contributed by atoms with E-state index >= 15 is 0 Å². The summed E-state index contributed by atoms with van der Waals surface area (Å²) >= 11 is 12.1. The lowest BCUT2D eigenvalue weighted by atomic mass is 9.99. The normalized spacial score (nSPS) is 13.2. The summed E-state index contributed by atoms with van der Waals surface area (Å²) in [6, 6.07) is 5.47. The smallest absolute Gasteiger partial charge is 0.0566 e. The van der Waals surface area contributed by atoms with Gasteiger partial charge in [0.15, 0.2) is 0 Å². The van der Waals surface area contributed by atoms with Crippen molar-refractivity contribution in [2.24, 2.45) is 5.92 Å². The van der Waals surface area contributed by atoms with Gasteiger partial charge >= 0.3 is 0 Å². The number of aliphatic hydroxyl groups excluding tert-OH is 1. The van der Waals surface area contributed by atoms with Crippen LogP contribution >= 0.6 is 23.2 Å². The van der Waals surface area contributed by atoms with Crippen LogP contribution in [0.2, 0.25) is 10.0 Å². The zero-order valence-corrected chi connectivity index (χ0v) is 10.5. The zero-order chi connectivity index (χ0) is 11.4. The van der Waals surface area contributed by atoms with Crippen molar-refractivity contribution in [2.45, 2.75) is 32.8 Å². The third-order valence-corrected chi connectivity index (χ3v) is 3.23. The van der Waals surface area contributed by atoms with Gasteiger partial charge in [0.2, 0.25) is 0 Å². The quantitative estimate of drug-likeness (QED) is 0.854. The van der Waals surface area contributed by atoms with Crippen LogP contribution in [-0.4, -0.2) is 11.2 Å². The fourth-order valence-electron chi connectivity index (χ4n) is 1.40. The van der Waals surface area contributed by atoms with Crippen molar-refractivity contribution in [3.63, 3.8) is 0 Å². The standard InChI is InChI=1S/C12H16Cl2O/c1-8(2)12(15)7-6-9-10(13)4-3-5-11(9)14/h3-5,8,12,15H,6-7H2,1-2H3. The molecule has 0 fully saturated rings. The van der Waals surface area contributed by atoms with Crippen LogP contribution in [0.3, 0.4) is 0 Å². The first-order valence-corrected chi connectivity index (χ1v) is 5.89. The van der Waals surface area contributed by atoms with E-state index in [1.807, 2.05) is 32.0 Å². The molecule has 0 saturated heterocycles. The van der Waals surface area contributed by atoms with E-state index in [-0.39, 0.29) is 12.0 Å². The van der Waals surface area contributed by atoms with Crippen molar-refractivity contribution < 1.29 is 5.11 Å². The minimum Gasteiger partial charge on any atom is -0.393 e. The number of hydrogen-bond acceptors (Lipinski definition) is 1. The molecule has 1 N–H and O–H groups in total. The van der Waals surface area contributed by atoms with E-state index in [9.17, 15) is 5.11 Å². The Bertz CT molecular complexity index is 303. The Labute approximate surface area is 101 Å². The maximum absolute atomic E-state index is 9.68. The van der Waals surface area contributed by atoms with Crippen LogP contribution in [0.25, 0.3) is 0 Å². The summed E-state index contributed by atoms with van der Waals surface area (Å²) in [6.07, 6.45) is 1.12. The Kier molecular flexibility index (Phi) is 4.91. The summed E-state index contributed by atoms with van der Waals surface area (Å²) in [6.45, 7) is 4.00. The number of rotatable bonds is 4. The van der Waals surface area contributed by atoms with Gasteiger partial charge in [-0.05, 0) is 36.5 Å². The van der Waals surface area contributed by atoms with Gasteiger partial charge in [0.05, 0.1) is 6.10 Å². The maximum Gasteiger partial charge on any atom is 0.0566 e. The molecule has 1 atom stereocenters. The van der Waals surface area contributed by atoms with E-state index in [4.69, 9.17) is 23.2 Å². The van der Waals surface area contributed by atoms with Gasteiger partial charge in [-0.1, -0.05) is 43.1 Å². The van der Waals surface area contributed by atoms with Crippen molar-refractivity contribution in [3.8, 4) is 0 Å². The van der Waals surface area contributed by atoms with E-state index < -0.39 is 0 Å². The summed E-state index contributed by atoms with van der Waals surface area (Å²) in [7, 11) is 0. The maximum atomic E-state index is 9.68. The lowest BCUT2D eigenvalue weighted by molar-refractivity contribution is 0.116.